The molecule has 1 fully saturated rings. The zero-order chi connectivity index (χ0) is 19.8. The van der Waals surface area contributed by atoms with Crippen molar-refractivity contribution in [3.63, 3.8) is 0 Å². The maximum Gasteiger partial charge on any atom is 0.225 e. The Kier molecular flexibility index (Phi) is 8.81. The normalized spacial score (nSPS) is 15.5. The molecular formula is C21H33Cl2N5. The molecule has 0 atom stereocenters. The molecule has 2 aromatic rings. The van der Waals surface area contributed by atoms with E-state index in [0.29, 0.717) is 10.8 Å². The molecule has 1 aliphatic heterocycles. The summed E-state index contributed by atoms with van der Waals surface area (Å²) in [4.78, 5) is 15.3. The number of aromatic nitrogens is 4. The number of nitrogens with zero attached hydrogens (tertiary/aromatic N) is 5. The molecule has 0 radical (unpaired) electrons. The van der Waals surface area contributed by atoms with Crippen LogP contribution in [0.3, 0.4) is 0 Å². The summed E-state index contributed by atoms with van der Waals surface area (Å²) in [6.45, 7) is 6.86. The third-order valence-corrected chi connectivity index (χ3v) is 6.21. The molecule has 0 bridgehead atoms. The zero-order valence-corrected chi connectivity index (χ0v) is 18.6. The van der Waals surface area contributed by atoms with Crippen LogP contribution in [0.5, 0.6) is 0 Å². The fourth-order valence-electron chi connectivity index (χ4n) is 4.20. The number of halogens is 2. The van der Waals surface area contributed by atoms with Crippen LogP contribution in [0.25, 0.3) is 11.2 Å². The van der Waals surface area contributed by atoms with E-state index >= 15 is 0 Å². The minimum absolute atomic E-state index is 0.151. The Morgan fingerprint density at radius 2 is 1.36 bits per heavy atom. The van der Waals surface area contributed by atoms with Crippen molar-refractivity contribution in [2.24, 2.45) is 0 Å². The van der Waals surface area contributed by atoms with Crippen LogP contribution < -0.4 is 0 Å². The van der Waals surface area contributed by atoms with E-state index in [1.165, 1.54) is 83.8 Å². The van der Waals surface area contributed by atoms with Crippen molar-refractivity contribution < 1.29 is 0 Å². The van der Waals surface area contributed by atoms with E-state index < -0.39 is 0 Å². The number of unbranched alkanes of at least 4 members (excludes halogenated alkanes) is 7. The number of imidazole rings is 1. The largest absolute Gasteiger partial charge is 0.324 e. The number of fused-ring (bicyclic) bond motifs is 1. The molecule has 0 spiro atoms. The van der Waals surface area contributed by atoms with Crippen molar-refractivity contribution in [2.75, 3.05) is 19.6 Å². The summed E-state index contributed by atoms with van der Waals surface area (Å²) < 4.78 is 2.12. The summed E-state index contributed by atoms with van der Waals surface area (Å²) in [6, 6.07) is 0. The van der Waals surface area contributed by atoms with Crippen molar-refractivity contribution in [1.29, 1.82) is 0 Å². The Morgan fingerprint density at radius 3 is 2.04 bits per heavy atom. The van der Waals surface area contributed by atoms with Crippen LogP contribution in [-0.4, -0.2) is 44.1 Å². The van der Waals surface area contributed by atoms with Gasteiger partial charge >= 0.3 is 0 Å². The van der Waals surface area contributed by atoms with Gasteiger partial charge in [0.05, 0.1) is 0 Å². The fourth-order valence-corrected chi connectivity index (χ4v) is 4.67. The number of hydrogen-bond acceptors (Lipinski definition) is 4. The molecule has 0 aromatic carbocycles. The molecule has 2 aromatic heterocycles. The van der Waals surface area contributed by atoms with Crippen LogP contribution in [-0.2, 0) is 6.54 Å². The number of hydrogen-bond donors (Lipinski definition) is 0. The van der Waals surface area contributed by atoms with Gasteiger partial charge in [-0.1, -0.05) is 56.5 Å². The van der Waals surface area contributed by atoms with Gasteiger partial charge in [0.1, 0.15) is 11.3 Å². The molecule has 0 unspecified atom stereocenters. The van der Waals surface area contributed by atoms with E-state index in [1.54, 1.807) is 0 Å². The summed E-state index contributed by atoms with van der Waals surface area (Å²) >= 11 is 12.1. The molecule has 5 nitrogen and oxygen atoms in total. The van der Waals surface area contributed by atoms with Crippen LogP contribution in [0.4, 0.5) is 0 Å². The molecule has 1 aliphatic rings. The van der Waals surface area contributed by atoms with Crippen molar-refractivity contribution in [2.45, 2.75) is 84.1 Å². The zero-order valence-electron chi connectivity index (χ0n) is 17.1. The molecule has 28 heavy (non-hydrogen) atoms. The lowest BCUT2D eigenvalue weighted by Crippen LogP contribution is -2.30. The highest BCUT2D eigenvalue weighted by atomic mass is 35.5. The smallest absolute Gasteiger partial charge is 0.225 e. The van der Waals surface area contributed by atoms with Gasteiger partial charge in [0.15, 0.2) is 10.8 Å². The lowest BCUT2D eigenvalue weighted by molar-refractivity contribution is 0.224. The number of piperidine rings is 1. The second-order valence-electron chi connectivity index (χ2n) is 8.00. The van der Waals surface area contributed by atoms with Gasteiger partial charge in [0, 0.05) is 6.54 Å². The molecule has 7 heteroatoms. The Balaban J connectivity index is 1.26. The van der Waals surface area contributed by atoms with Crippen molar-refractivity contribution in [1.82, 2.24) is 24.4 Å². The van der Waals surface area contributed by atoms with E-state index in [-0.39, 0.29) is 5.28 Å². The van der Waals surface area contributed by atoms with E-state index in [4.69, 9.17) is 23.2 Å². The van der Waals surface area contributed by atoms with Gasteiger partial charge in [-0.2, -0.15) is 4.98 Å². The van der Waals surface area contributed by atoms with E-state index in [2.05, 4.69) is 24.4 Å². The number of aryl methyl sites for hydroxylation is 2. The summed E-state index contributed by atoms with van der Waals surface area (Å²) in [6.07, 6.45) is 14.8. The monoisotopic (exact) mass is 425 g/mol. The minimum Gasteiger partial charge on any atom is -0.324 e. The average Bonchev–Trinajstić information content (AvgIpc) is 2.99. The molecular weight excluding hydrogens is 393 g/mol. The predicted octanol–water partition coefficient (Wildman–Crippen LogP) is 6.05. The van der Waals surface area contributed by atoms with Crippen LogP contribution in [0, 0.1) is 6.92 Å². The maximum absolute atomic E-state index is 6.25. The summed E-state index contributed by atoms with van der Waals surface area (Å²) in [5.74, 6) is 0.919. The molecule has 0 saturated carbocycles. The first-order valence-corrected chi connectivity index (χ1v) is 11.7. The van der Waals surface area contributed by atoms with Gasteiger partial charge in [-0.05, 0) is 63.8 Å². The number of likely N-dealkylation sites (tertiary alicyclic amines) is 1. The Bertz CT molecular complexity index is 740. The molecule has 1 saturated heterocycles. The highest BCUT2D eigenvalue weighted by Crippen LogP contribution is 2.24. The highest BCUT2D eigenvalue weighted by molar-refractivity contribution is 6.35. The quantitative estimate of drug-likeness (QED) is 0.249. The third kappa shape index (κ3) is 6.30. The first kappa shape index (κ1) is 21.8. The van der Waals surface area contributed by atoms with Gasteiger partial charge in [-0.15, -0.1) is 0 Å². The van der Waals surface area contributed by atoms with E-state index in [9.17, 15) is 0 Å². The lowest BCUT2D eigenvalue weighted by Gasteiger charge is -2.26. The summed E-state index contributed by atoms with van der Waals surface area (Å²) in [7, 11) is 0. The first-order valence-electron chi connectivity index (χ1n) is 10.9. The summed E-state index contributed by atoms with van der Waals surface area (Å²) in [5, 5.41) is 0.540. The first-order chi connectivity index (χ1) is 13.6. The molecule has 0 aliphatic carbocycles. The van der Waals surface area contributed by atoms with Crippen molar-refractivity contribution in [3.05, 3.63) is 16.3 Å². The maximum atomic E-state index is 6.25. The van der Waals surface area contributed by atoms with E-state index in [0.717, 1.165) is 24.3 Å². The third-order valence-electron chi connectivity index (χ3n) is 5.78. The second-order valence-corrected chi connectivity index (χ2v) is 8.69. The van der Waals surface area contributed by atoms with Gasteiger partial charge in [0.2, 0.25) is 5.28 Å². The highest BCUT2D eigenvalue weighted by Gasteiger charge is 2.14. The van der Waals surface area contributed by atoms with Gasteiger partial charge in [-0.25, -0.2) is 9.97 Å². The van der Waals surface area contributed by atoms with Crippen molar-refractivity contribution in [3.8, 4) is 0 Å². The SMILES string of the molecule is Cc1nc2nc(Cl)nc(Cl)c2n1CCCCCCCCCCN1CCCCC1. The van der Waals surface area contributed by atoms with Gasteiger partial charge in [-0.3, -0.25) is 0 Å². The Labute approximate surface area is 178 Å². The van der Waals surface area contributed by atoms with Crippen LogP contribution in [0.15, 0.2) is 0 Å². The second kappa shape index (κ2) is 11.3. The fraction of sp³-hybridized carbons (Fsp3) is 0.762. The molecule has 0 N–H and O–H groups in total. The molecule has 156 valence electrons. The standard InChI is InChI=1S/C21H33Cl2N5/c1-17-24-20-18(19(22)25-21(23)26-20)28(17)16-12-7-5-3-2-4-6-9-13-27-14-10-8-11-15-27/h2-16H2,1H3. The topological polar surface area (TPSA) is 46.8 Å². The van der Waals surface area contributed by atoms with Crippen LogP contribution in [0.1, 0.15) is 76.5 Å². The Hall–Kier alpha value is -0.910. The summed E-state index contributed by atoms with van der Waals surface area (Å²) in [5.41, 5.74) is 1.39. The van der Waals surface area contributed by atoms with Gasteiger partial charge in [0.25, 0.3) is 0 Å². The Morgan fingerprint density at radius 1 is 0.750 bits per heavy atom. The molecule has 3 rings (SSSR count). The van der Waals surface area contributed by atoms with E-state index in [1.807, 2.05) is 6.92 Å². The van der Waals surface area contributed by atoms with Gasteiger partial charge < -0.3 is 9.47 Å². The minimum atomic E-state index is 0.151. The predicted molar refractivity (Wildman–Crippen MR) is 117 cm³/mol. The van der Waals surface area contributed by atoms with Crippen molar-refractivity contribution >= 4 is 34.4 Å². The molecule has 3 heterocycles. The number of rotatable bonds is 11. The lowest BCUT2D eigenvalue weighted by atomic mass is 10.1. The average molecular weight is 426 g/mol. The van der Waals surface area contributed by atoms with Crippen LogP contribution >= 0.6 is 23.2 Å². The molecule has 0 amide bonds. The van der Waals surface area contributed by atoms with Crippen LogP contribution in [0.2, 0.25) is 10.4 Å².